The fourth-order valence-electron chi connectivity index (χ4n) is 5.92. The summed E-state index contributed by atoms with van der Waals surface area (Å²) in [7, 11) is 2.12. The van der Waals surface area contributed by atoms with Crippen LogP contribution >= 0.6 is 0 Å². The molecule has 2 aromatic heterocycles. The van der Waals surface area contributed by atoms with E-state index in [4.69, 9.17) is 0 Å². The van der Waals surface area contributed by atoms with E-state index in [9.17, 15) is 9.18 Å². The van der Waals surface area contributed by atoms with E-state index in [1.54, 1.807) is 12.1 Å². The highest BCUT2D eigenvalue weighted by Gasteiger charge is 2.43. The van der Waals surface area contributed by atoms with Gasteiger partial charge < -0.3 is 14.2 Å². The number of amides is 1. The first-order valence-corrected chi connectivity index (χ1v) is 12.7. The van der Waals surface area contributed by atoms with Gasteiger partial charge in [0.15, 0.2) is 0 Å². The Morgan fingerprint density at radius 3 is 2.76 bits per heavy atom. The number of carbonyl (C=O) groups is 1. The monoisotopic (exact) mass is 462 g/mol. The fourth-order valence-corrected chi connectivity index (χ4v) is 5.92. The second-order valence-corrected chi connectivity index (χ2v) is 10.4. The number of piperidine rings is 1. The lowest BCUT2D eigenvalue weighted by Gasteiger charge is -2.42. The zero-order valence-electron chi connectivity index (χ0n) is 20.1. The third-order valence-corrected chi connectivity index (χ3v) is 7.98. The van der Waals surface area contributed by atoms with E-state index >= 15 is 0 Å². The van der Waals surface area contributed by atoms with Crippen LogP contribution in [-0.2, 0) is 17.6 Å². The highest BCUT2D eigenvalue weighted by molar-refractivity contribution is 5.83. The molecular formula is C28H35FN4O. The second-order valence-electron chi connectivity index (χ2n) is 10.4. The Morgan fingerprint density at radius 1 is 1.09 bits per heavy atom. The van der Waals surface area contributed by atoms with Gasteiger partial charge in [0.1, 0.15) is 5.82 Å². The molecule has 0 bridgehead atoms. The second kappa shape index (κ2) is 9.87. The third kappa shape index (κ3) is 4.88. The van der Waals surface area contributed by atoms with Crippen molar-refractivity contribution in [2.75, 3.05) is 33.2 Å². The largest absolute Gasteiger partial charge is 0.342 e. The van der Waals surface area contributed by atoms with Gasteiger partial charge >= 0.3 is 0 Å². The third-order valence-electron chi connectivity index (χ3n) is 7.98. The number of aromatic nitrogens is 2. The number of hydrogen-bond acceptors (Lipinski definition) is 3. The van der Waals surface area contributed by atoms with E-state index in [-0.39, 0.29) is 11.7 Å². The minimum absolute atomic E-state index is 0.225. The highest BCUT2D eigenvalue weighted by Crippen LogP contribution is 2.38. The Labute approximate surface area is 201 Å². The van der Waals surface area contributed by atoms with E-state index in [0.717, 1.165) is 76.0 Å². The standard InChI is InChI=1S/C28H35FN4O/c1-31-16-10-28(11-17-31,21-23-5-2-7-24(29)19-23)27(34)33-14-3-6-22(9-15-33)20-25-26-8-4-13-32(26)18-12-30-25/h2,4-5,7-8,12-13,18-19,22H,3,6,9-11,14-17,20-21H2,1H3. The van der Waals surface area contributed by atoms with Gasteiger partial charge in [0.05, 0.1) is 16.6 Å². The van der Waals surface area contributed by atoms with Gasteiger partial charge in [-0.3, -0.25) is 9.78 Å². The van der Waals surface area contributed by atoms with Crippen molar-refractivity contribution in [3.05, 3.63) is 72.1 Å². The van der Waals surface area contributed by atoms with Gasteiger partial charge in [-0.2, -0.15) is 0 Å². The van der Waals surface area contributed by atoms with Gasteiger partial charge in [0.25, 0.3) is 0 Å². The van der Waals surface area contributed by atoms with E-state index < -0.39 is 5.41 Å². The molecule has 5 rings (SSSR count). The zero-order chi connectivity index (χ0) is 23.5. The molecule has 0 saturated carbocycles. The van der Waals surface area contributed by atoms with Crippen LogP contribution in [0.25, 0.3) is 5.52 Å². The van der Waals surface area contributed by atoms with Gasteiger partial charge in [0.2, 0.25) is 5.91 Å². The fraction of sp³-hybridized carbons (Fsp3) is 0.500. The van der Waals surface area contributed by atoms with E-state index in [0.29, 0.717) is 12.3 Å². The predicted octanol–water partition coefficient (Wildman–Crippen LogP) is 4.60. The lowest BCUT2D eigenvalue weighted by atomic mass is 9.72. The Bertz CT molecular complexity index is 1130. The molecule has 2 aliphatic rings. The van der Waals surface area contributed by atoms with Crippen molar-refractivity contribution in [3.63, 3.8) is 0 Å². The highest BCUT2D eigenvalue weighted by atomic mass is 19.1. The number of rotatable bonds is 5. The van der Waals surface area contributed by atoms with Crippen LogP contribution in [0.2, 0.25) is 0 Å². The molecule has 2 fully saturated rings. The molecule has 2 aliphatic heterocycles. The van der Waals surface area contributed by atoms with Crippen molar-refractivity contribution in [3.8, 4) is 0 Å². The van der Waals surface area contributed by atoms with E-state index in [1.165, 1.54) is 11.6 Å². The molecule has 3 aromatic rings. The minimum atomic E-state index is -0.431. The number of likely N-dealkylation sites (tertiary alicyclic amines) is 2. The Kier molecular flexibility index (Phi) is 6.68. The molecule has 6 heteroatoms. The average molecular weight is 463 g/mol. The van der Waals surface area contributed by atoms with Crippen LogP contribution in [0.1, 0.15) is 43.4 Å². The van der Waals surface area contributed by atoms with Crippen LogP contribution in [0.5, 0.6) is 0 Å². The maximum Gasteiger partial charge on any atom is 0.229 e. The topological polar surface area (TPSA) is 40.9 Å². The lowest BCUT2D eigenvalue weighted by molar-refractivity contribution is -0.145. The maximum absolute atomic E-state index is 14.0. The molecule has 0 aliphatic carbocycles. The van der Waals surface area contributed by atoms with Crippen molar-refractivity contribution in [1.29, 1.82) is 0 Å². The summed E-state index contributed by atoms with van der Waals surface area (Å²) in [4.78, 5) is 23.1. The number of hydrogen-bond donors (Lipinski definition) is 0. The van der Waals surface area contributed by atoms with Crippen molar-refractivity contribution < 1.29 is 9.18 Å². The Balaban J connectivity index is 1.29. The quantitative estimate of drug-likeness (QED) is 0.557. The Morgan fingerprint density at radius 2 is 1.94 bits per heavy atom. The molecular weight excluding hydrogens is 427 g/mol. The molecule has 5 nitrogen and oxygen atoms in total. The molecule has 1 atom stereocenters. The average Bonchev–Trinajstić information content (AvgIpc) is 3.21. The predicted molar refractivity (Wildman–Crippen MR) is 132 cm³/mol. The summed E-state index contributed by atoms with van der Waals surface area (Å²) in [5.74, 6) is 0.581. The number of nitrogens with zero attached hydrogens (tertiary/aromatic N) is 4. The summed E-state index contributed by atoms with van der Waals surface area (Å²) in [6, 6.07) is 11.0. The summed E-state index contributed by atoms with van der Waals surface area (Å²) in [6.45, 7) is 3.43. The van der Waals surface area contributed by atoms with Gasteiger partial charge in [-0.25, -0.2) is 4.39 Å². The summed E-state index contributed by atoms with van der Waals surface area (Å²) in [5.41, 5.74) is 2.83. The molecule has 0 N–H and O–H groups in total. The SMILES string of the molecule is CN1CCC(Cc2cccc(F)c2)(C(=O)N2CCCC(Cc3nccn4cccc34)CC2)CC1. The first-order chi connectivity index (χ1) is 16.5. The van der Waals surface area contributed by atoms with Crippen LogP contribution in [-0.4, -0.2) is 58.3 Å². The molecule has 1 amide bonds. The summed E-state index contributed by atoms with van der Waals surface area (Å²) >= 11 is 0. The number of carbonyl (C=O) groups excluding carboxylic acids is 1. The normalized spacial score (nSPS) is 21.5. The first-order valence-electron chi connectivity index (χ1n) is 12.7. The maximum atomic E-state index is 14.0. The smallest absolute Gasteiger partial charge is 0.229 e. The number of benzene rings is 1. The van der Waals surface area contributed by atoms with E-state index in [2.05, 4.69) is 44.6 Å². The van der Waals surface area contributed by atoms with Crippen molar-refractivity contribution in [2.24, 2.45) is 11.3 Å². The molecule has 180 valence electrons. The van der Waals surface area contributed by atoms with Crippen LogP contribution in [0.4, 0.5) is 4.39 Å². The summed E-state index contributed by atoms with van der Waals surface area (Å²) < 4.78 is 16.0. The molecule has 0 spiro atoms. The van der Waals surface area contributed by atoms with Gasteiger partial charge in [-0.1, -0.05) is 12.1 Å². The van der Waals surface area contributed by atoms with Crippen LogP contribution < -0.4 is 0 Å². The van der Waals surface area contributed by atoms with E-state index in [1.807, 2.05) is 18.5 Å². The first kappa shape index (κ1) is 23.0. The van der Waals surface area contributed by atoms with Gasteiger partial charge in [-0.05, 0) is 101 Å². The minimum Gasteiger partial charge on any atom is -0.342 e. The summed E-state index contributed by atoms with van der Waals surface area (Å²) in [6.07, 6.45) is 12.3. The van der Waals surface area contributed by atoms with Crippen LogP contribution in [0.3, 0.4) is 0 Å². The van der Waals surface area contributed by atoms with Crippen LogP contribution in [0, 0.1) is 17.2 Å². The van der Waals surface area contributed by atoms with Crippen LogP contribution in [0.15, 0.2) is 55.0 Å². The lowest BCUT2D eigenvalue weighted by Crippen LogP contribution is -2.51. The molecule has 1 aromatic carbocycles. The molecule has 1 unspecified atom stereocenters. The zero-order valence-corrected chi connectivity index (χ0v) is 20.1. The molecule has 2 saturated heterocycles. The molecule has 0 radical (unpaired) electrons. The van der Waals surface area contributed by atoms with Crippen molar-refractivity contribution >= 4 is 11.4 Å². The number of fused-ring (bicyclic) bond motifs is 1. The van der Waals surface area contributed by atoms with Crippen molar-refractivity contribution in [1.82, 2.24) is 19.2 Å². The molecule has 4 heterocycles. The van der Waals surface area contributed by atoms with Crippen molar-refractivity contribution in [2.45, 2.75) is 44.9 Å². The Hall–Kier alpha value is -2.73. The summed E-state index contributed by atoms with van der Waals surface area (Å²) in [5, 5.41) is 0. The van der Waals surface area contributed by atoms with Gasteiger partial charge in [0, 0.05) is 31.7 Å². The molecule has 34 heavy (non-hydrogen) atoms. The number of halogens is 1. The van der Waals surface area contributed by atoms with Gasteiger partial charge in [-0.15, -0.1) is 0 Å².